The molecule has 0 spiro atoms. The van der Waals surface area contributed by atoms with Crippen LogP contribution in [0.3, 0.4) is 0 Å². The lowest BCUT2D eigenvalue weighted by atomic mass is 9.99. The van der Waals surface area contributed by atoms with E-state index in [4.69, 9.17) is 0 Å². The second-order valence-electron chi connectivity index (χ2n) is 6.06. The van der Waals surface area contributed by atoms with Crippen LogP contribution in [0.25, 0.3) is 0 Å². The van der Waals surface area contributed by atoms with E-state index < -0.39 is 0 Å². The van der Waals surface area contributed by atoms with Crippen LogP contribution in [0.4, 0.5) is 0 Å². The van der Waals surface area contributed by atoms with Gasteiger partial charge in [-0.3, -0.25) is 0 Å². The number of hydrogen-bond donors (Lipinski definition) is 2. The van der Waals surface area contributed by atoms with Gasteiger partial charge in [0.05, 0.1) is 0 Å². The van der Waals surface area contributed by atoms with Gasteiger partial charge in [0.25, 0.3) is 0 Å². The Bertz CT molecular complexity index is 402. The van der Waals surface area contributed by atoms with Gasteiger partial charge in [-0.25, -0.2) is 0 Å². The predicted octanol–water partition coefficient (Wildman–Crippen LogP) is 2.94. The first-order valence-electron chi connectivity index (χ1n) is 7.01. The molecule has 1 aromatic carbocycles. The number of phenolic OH excluding ortho intramolecular Hbond substituents is 1. The van der Waals surface area contributed by atoms with E-state index in [1.165, 1.54) is 5.56 Å². The van der Waals surface area contributed by atoms with E-state index in [0.717, 1.165) is 12.1 Å². The number of aryl methyl sites for hydroxylation is 1. The summed E-state index contributed by atoms with van der Waals surface area (Å²) in [6.45, 7) is 9.61. The number of phenols is 1. The van der Waals surface area contributed by atoms with E-state index in [9.17, 15) is 5.11 Å². The monoisotopic (exact) mass is 264 g/mol. The topological polar surface area (TPSA) is 35.5 Å². The van der Waals surface area contributed by atoms with Crippen LogP contribution in [0.1, 0.15) is 37.9 Å². The molecule has 1 rings (SSSR count). The average molecular weight is 264 g/mol. The minimum atomic E-state index is 0.146. The van der Waals surface area contributed by atoms with Gasteiger partial charge in [-0.15, -0.1) is 0 Å². The molecule has 0 aliphatic heterocycles. The molecule has 0 saturated heterocycles. The third-order valence-corrected chi connectivity index (χ3v) is 3.48. The van der Waals surface area contributed by atoms with Gasteiger partial charge in [0.15, 0.2) is 0 Å². The van der Waals surface area contributed by atoms with Crippen molar-refractivity contribution < 1.29 is 5.11 Å². The Morgan fingerprint density at radius 3 is 2.37 bits per heavy atom. The highest BCUT2D eigenvalue weighted by molar-refractivity contribution is 5.37. The molecule has 1 aromatic rings. The largest absolute Gasteiger partial charge is 0.508 e. The summed E-state index contributed by atoms with van der Waals surface area (Å²) in [5, 5.41) is 13.6. The molecule has 0 aliphatic carbocycles. The fourth-order valence-corrected chi connectivity index (χ4v) is 2.28. The molecule has 3 heteroatoms. The third-order valence-electron chi connectivity index (χ3n) is 3.48. The molecule has 2 atom stereocenters. The second-order valence-corrected chi connectivity index (χ2v) is 6.06. The van der Waals surface area contributed by atoms with Crippen LogP contribution >= 0.6 is 0 Å². The molecular formula is C16H28N2O. The minimum absolute atomic E-state index is 0.146. The number of rotatable bonds is 6. The van der Waals surface area contributed by atoms with Crippen LogP contribution in [-0.4, -0.2) is 36.7 Å². The number of aromatic hydroxyl groups is 1. The van der Waals surface area contributed by atoms with Crippen LogP contribution in [0, 0.1) is 12.8 Å². The van der Waals surface area contributed by atoms with Gasteiger partial charge in [0.1, 0.15) is 5.75 Å². The first-order chi connectivity index (χ1) is 8.81. The fraction of sp³-hybridized carbons (Fsp3) is 0.625. The number of likely N-dealkylation sites (N-methyl/N-ethyl adjacent to an activating group) is 1. The van der Waals surface area contributed by atoms with Crippen LogP contribution in [0.2, 0.25) is 0 Å². The van der Waals surface area contributed by atoms with Crippen LogP contribution in [-0.2, 0) is 0 Å². The molecule has 0 fully saturated rings. The second kappa shape index (κ2) is 6.92. The Hall–Kier alpha value is -1.06. The lowest BCUT2D eigenvalue weighted by molar-refractivity contribution is 0.272. The zero-order chi connectivity index (χ0) is 14.6. The SMILES string of the molecule is Cc1ccc(O)c(C(C)NC(CN(C)C)C(C)C)c1. The summed E-state index contributed by atoms with van der Waals surface area (Å²) in [6, 6.07) is 6.32. The Balaban J connectivity index is 2.81. The van der Waals surface area contributed by atoms with Gasteiger partial charge < -0.3 is 15.3 Å². The van der Waals surface area contributed by atoms with Crippen LogP contribution < -0.4 is 5.32 Å². The molecule has 3 nitrogen and oxygen atoms in total. The van der Waals surface area contributed by atoms with Gasteiger partial charge in [-0.05, 0) is 39.9 Å². The summed E-state index contributed by atoms with van der Waals surface area (Å²) in [5.41, 5.74) is 2.15. The molecule has 0 heterocycles. The molecule has 0 amide bonds. The average Bonchev–Trinajstić information content (AvgIpc) is 2.30. The van der Waals surface area contributed by atoms with Crippen molar-refractivity contribution in [3.8, 4) is 5.75 Å². The highest BCUT2D eigenvalue weighted by atomic mass is 16.3. The maximum absolute atomic E-state index is 9.99. The normalized spacial score (nSPS) is 14.9. The summed E-state index contributed by atoms with van der Waals surface area (Å²) in [6.07, 6.45) is 0. The molecule has 0 saturated carbocycles. The molecule has 0 bridgehead atoms. The van der Waals surface area contributed by atoms with Crippen LogP contribution in [0.15, 0.2) is 18.2 Å². The van der Waals surface area contributed by atoms with E-state index in [-0.39, 0.29) is 6.04 Å². The minimum Gasteiger partial charge on any atom is -0.508 e. The van der Waals surface area contributed by atoms with E-state index in [0.29, 0.717) is 17.7 Å². The zero-order valence-electron chi connectivity index (χ0n) is 13.1. The van der Waals surface area contributed by atoms with Gasteiger partial charge in [0, 0.05) is 24.2 Å². The van der Waals surface area contributed by atoms with Crippen molar-refractivity contribution in [2.45, 2.75) is 39.8 Å². The van der Waals surface area contributed by atoms with E-state index in [1.54, 1.807) is 6.07 Å². The summed E-state index contributed by atoms with van der Waals surface area (Å²) in [5.74, 6) is 0.926. The number of hydrogen-bond acceptors (Lipinski definition) is 3. The molecule has 0 radical (unpaired) electrons. The first-order valence-corrected chi connectivity index (χ1v) is 7.01. The molecule has 19 heavy (non-hydrogen) atoms. The van der Waals surface area contributed by atoms with Crippen molar-refractivity contribution >= 4 is 0 Å². The molecule has 2 unspecified atom stereocenters. The smallest absolute Gasteiger partial charge is 0.120 e. The van der Waals surface area contributed by atoms with Crippen molar-refractivity contribution in [3.05, 3.63) is 29.3 Å². The Labute approximate surface area is 117 Å². The van der Waals surface area contributed by atoms with E-state index >= 15 is 0 Å². The van der Waals surface area contributed by atoms with Crippen molar-refractivity contribution in [2.75, 3.05) is 20.6 Å². The predicted molar refractivity (Wildman–Crippen MR) is 81.6 cm³/mol. The van der Waals surface area contributed by atoms with Gasteiger partial charge >= 0.3 is 0 Å². The summed E-state index contributed by atoms with van der Waals surface area (Å²) in [4.78, 5) is 2.19. The van der Waals surface area contributed by atoms with Crippen molar-refractivity contribution in [1.29, 1.82) is 0 Å². The Morgan fingerprint density at radius 2 is 1.84 bits per heavy atom. The Kier molecular flexibility index (Phi) is 5.83. The highest BCUT2D eigenvalue weighted by Gasteiger charge is 2.19. The summed E-state index contributed by atoms with van der Waals surface area (Å²) in [7, 11) is 4.18. The summed E-state index contributed by atoms with van der Waals surface area (Å²) < 4.78 is 0. The highest BCUT2D eigenvalue weighted by Crippen LogP contribution is 2.25. The summed E-state index contributed by atoms with van der Waals surface area (Å²) >= 11 is 0. The number of nitrogens with one attached hydrogen (secondary N) is 1. The van der Waals surface area contributed by atoms with Gasteiger partial charge in [0.2, 0.25) is 0 Å². The van der Waals surface area contributed by atoms with Gasteiger partial charge in [-0.1, -0.05) is 31.5 Å². The molecular weight excluding hydrogens is 236 g/mol. The van der Waals surface area contributed by atoms with Gasteiger partial charge in [-0.2, -0.15) is 0 Å². The Morgan fingerprint density at radius 1 is 1.21 bits per heavy atom. The van der Waals surface area contributed by atoms with Crippen LogP contribution in [0.5, 0.6) is 5.75 Å². The van der Waals surface area contributed by atoms with Crippen molar-refractivity contribution in [2.24, 2.45) is 5.92 Å². The van der Waals surface area contributed by atoms with E-state index in [1.807, 2.05) is 6.07 Å². The lowest BCUT2D eigenvalue weighted by Gasteiger charge is -2.29. The maximum Gasteiger partial charge on any atom is 0.120 e. The van der Waals surface area contributed by atoms with E-state index in [2.05, 4.69) is 58.1 Å². The quantitative estimate of drug-likeness (QED) is 0.829. The molecule has 0 aliphatic rings. The lowest BCUT2D eigenvalue weighted by Crippen LogP contribution is -2.43. The molecule has 0 aromatic heterocycles. The van der Waals surface area contributed by atoms with Crippen molar-refractivity contribution in [3.63, 3.8) is 0 Å². The number of nitrogens with zero attached hydrogens (tertiary/aromatic N) is 1. The standard InChI is InChI=1S/C16H28N2O/c1-11(2)15(10-18(5)6)17-13(4)14-9-12(3)7-8-16(14)19/h7-9,11,13,15,17,19H,10H2,1-6H3. The number of benzene rings is 1. The zero-order valence-corrected chi connectivity index (χ0v) is 13.1. The molecule has 108 valence electrons. The third kappa shape index (κ3) is 4.84. The first kappa shape index (κ1) is 16.0. The molecule has 2 N–H and O–H groups in total. The van der Waals surface area contributed by atoms with Crippen molar-refractivity contribution in [1.82, 2.24) is 10.2 Å². The maximum atomic E-state index is 9.99. The fourth-order valence-electron chi connectivity index (χ4n) is 2.28.